The standard InChI is InChI=1S/C16H23NO2/c1-12-6-7-14(10-13(12)2)11-15(16(18)19)17-8-4-3-5-9-17/h6-7,10,15H,3-5,8-9,11H2,1-2H3,(H,18,19). The molecule has 1 heterocycles. The molecule has 3 nitrogen and oxygen atoms in total. The van der Waals surface area contributed by atoms with Gasteiger partial charge in [-0.25, -0.2) is 0 Å². The van der Waals surface area contributed by atoms with Crippen molar-refractivity contribution in [2.45, 2.75) is 45.6 Å². The molecule has 0 bridgehead atoms. The van der Waals surface area contributed by atoms with Gasteiger partial charge in [-0.3, -0.25) is 9.69 Å². The second-order valence-corrected chi connectivity index (χ2v) is 5.57. The molecule has 1 aromatic carbocycles. The van der Waals surface area contributed by atoms with Crippen LogP contribution in [0, 0.1) is 13.8 Å². The van der Waals surface area contributed by atoms with E-state index in [1.165, 1.54) is 17.5 Å². The molecule has 1 saturated heterocycles. The number of benzene rings is 1. The second kappa shape index (κ2) is 6.20. The highest BCUT2D eigenvalue weighted by Crippen LogP contribution is 2.18. The molecule has 1 N–H and O–H groups in total. The summed E-state index contributed by atoms with van der Waals surface area (Å²) in [6.07, 6.45) is 4.08. The third-order valence-electron chi connectivity index (χ3n) is 4.12. The summed E-state index contributed by atoms with van der Waals surface area (Å²) in [6, 6.07) is 5.89. The van der Waals surface area contributed by atoms with Crippen molar-refractivity contribution in [2.75, 3.05) is 13.1 Å². The number of carbonyl (C=O) groups is 1. The Morgan fingerprint density at radius 1 is 1.21 bits per heavy atom. The molecule has 0 aromatic heterocycles. The second-order valence-electron chi connectivity index (χ2n) is 5.57. The van der Waals surface area contributed by atoms with Gasteiger partial charge in [-0.15, -0.1) is 0 Å². The topological polar surface area (TPSA) is 40.5 Å². The van der Waals surface area contributed by atoms with E-state index in [2.05, 4.69) is 36.9 Å². The first-order valence-electron chi connectivity index (χ1n) is 7.11. The van der Waals surface area contributed by atoms with E-state index in [4.69, 9.17) is 0 Å². The molecular formula is C16H23NO2. The predicted molar refractivity (Wildman–Crippen MR) is 76.5 cm³/mol. The summed E-state index contributed by atoms with van der Waals surface area (Å²) in [4.78, 5) is 13.6. The fraction of sp³-hybridized carbons (Fsp3) is 0.562. The van der Waals surface area contributed by atoms with Crippen LogP contribution in [-0.4, -0.2) is 35.1 Å². The summed E-state index contributed by atoms with van der Waals surface area (Å²) < 4.78 is 0. The Labute approximate surface area is 115 Å². The molecule has 1 aliphatic heterocycles. The molecule has 0 aliphatic carbocycles. The van der Waals surface area contributed by atoms with E-state index < -0.39 is 5.97 Å². The number of aliphatic carboxylic acids is 1. The van der Waals surface area contributed by atoms with Crippen molar-refractivity contribution in [1.29, 1.82) is 0 Å². The molecule has 1 aliphatic rings. The van der Waals surface area contributed by atoms with Crippen molar-refractivity contribution in [3.8, 4) is 0 Å². The van der Waals surface area contributed by atoms with E-state index in [-0.39, 0.29) is 6.04 Å². The maximum Gasteiger partial charge on any atom is 0.321 e. The van der Waals surface area contributed by atoms with Crippen LogP contribution in [0.1, 0.15) is 36.0 Å². The van der Waals surface area contributed by atoms with Gasteiger partial charge in [-0.2, -0.15) is 0 Å². The zero-order valence-corrected chi connectivity index (χ0v) is 11.9. The maximum absolute atomic E-state index is 11.5. The van der Waals surface area contributed by atoms with Crippen LogP contribution < -0.4 is 0 Å². The SMILES string of the molecule is Cc1ccc(CC(C(=O)O)N2CCCCC2)cc1C. The largest absolute Gasteiger partial charge is 0.480 e. The maximum atomic E-state index is 11.5. The zero-order chi connectivity index (χ0) is 13.8. The number of likely N-dealkylation sites (tertiary alicyclic amines) is 1. The first-order valence-corrected chi connectivity index (χ1v) is 7.11. The van der Waals surface area contributed by atoms with Crippen LogP contribution in [0.5, 0.6) is 0 Å². The van der Waals surface area contributed by atoms with Gasteiger partial charge >= 0.3 is 5.97 Å². The highest BCUT2D eigenvalue weighted by Gasteiger charge is 2.26. The first-order chi connectivity index (χ1) is 9.08. The van der Waals surface area contributed by atoms with Crippen molar-refractivity contribution in [3.05, 3.63) is 34.9 Å². The Bertz CT molecular complexity index is 450. The smallest absolute Gasteiger partial charge is 0.321 e. The van der Waals surface area contributed by atoms with Gasteiger partial charge < -0.3 is 5.11 Å². The van der Waals surface area contributed by atoms with Crippen LogP contribution >= 0.6 is 0 Å². The molecule has 0 spiro atoms. The van der Waals surface area contributed by atoms with Crippen molar-refractivity contribution >= 4 is 5.97 Å². The van der Waals surface area contributed by atoms with Crippen LogP contribution in [0.15, 0.2) is 18.2 Å². The van der Waals surface area contributed by atoms with Crippen molar-refractivity contribution in [3.63, 3.8) is 0 Å². The van der Waals surface area contributed by atoms with Crippen molar-refractivity contribution < 1.29 is 9.90 Å². The molecular weight excluding hydrogens is 238 g/mol. The van der Waals surface area contributed by atoms with Crippen LogP contribution in [0.2, 0.25) is 0 Å². The lowest BCUT2D eigenvalue weighted by atomic mass is 9.98. The van der Waals surface area contributed by atoms with E-state index in [0.29, 0.717) is 6.42 Å². The van der Waals surface area contributed by atoms with Gasteiger partial charge in [0.15, 0.2) is 0 Å². The van der Waals surface area contributed by atoms with Gasteiger partial charge in [0.1, 0.15) is 6.04 Å². The van der Waals surface area contributed by atoms with Gasteiger partial charge in [0, 0.05) is 0 Å². The Kier molecular flexibility index (Phi) is 4.59. The van der Waals surface area contributed by atoms with Crippen LogP contribution in [-0.2, 0) is 11.2 Å². The fourth-order valence-electron chi connectivity index (χ4n) is 2.76. The van der Waals surface area contributed by atoms with E-state index in [1.54, 1.807) is 0 Å². The van der Waals surface area contributed by atoms with Crippen molar-refractivity contribution in [2.24, 2.45) is 0 Å². The average Bonchev–Trinajstić information content (AvgIpc) is 2.40. The first kappa shape index (κ1) is 14.1. The Hall–Kier alpha value is -1.35. The summed E-state index contributed by atoms with van der Waals surface area (Å²) in [6.45, 7) is 6.00. The summed E-state index contributed by atoms with van der Waals surface area (Å²) in [7, 11) is 0. The summed E-state index contributed by atoms with van der Waals surface area (Å²) in [5.74, 6) is -0.694. The number of carboxylic acid groups (broad SMARTS) is 1. The molecule has 104 valence electrons. The summed E-state index contributed by atoms with van der Waals surface area (Å²) in [5.41, 5.74) is 3.62. The number of nitrogens with zero attached hydrogens (tertiary/aromatic N) is 1. The lowest BCUT2D eigenvalue weighted by molar-refractivity contribution is -0.143. The van der Waals surface area contributed by atoms with Crippen molar-refractivity contribution in [1.82, 2.24) is 4.90 Å². The zero-order valence-electron chi connectivity index (χ0n) is 11.9. The monoisotopic (exact) mass is 261 g/mol. The quantitative estimate of drug-likeness (QED) is 0.906. The number of carboxylic acids is 1. The van der Waals surface area contributed by atoms with Crippen LogP contribution in [0.4, 0.5) is 0 Å². The summed E-state index contributed by atoms with van der Waals surface area (Å²) in [5, 5.41) is 9.47. The molecule has 2 rings (SSSR count). The normalized spacial score (nSPS) is 18.2. The molecule has 0 saturated carbocycles. The highest BCUT2D eigenvalue weighted by atomic mass is 16.4. The number of hydrogen-bond donors (Lipinski definition) is 1. The fourth-order valence-corrected chi connectivity index (χ4v) is 2.76. The number of rotatable bonds is 4. The molecule has 1 aromatic rings. The molecule has 0 radical (unpaired) electrons. The third kappa shape index (κ3) is 3.57. The molecule has 3 heteroatoms. The molecule has 0 amide bonds. The minimum absolute atomic E-state index is 0.373. The van der Waals surface area contributed by atoms with E-state index >= 15 is 0 Å². The van der Waals surface area contributed by atoms with Crippen LogP contribution in [0.3, 0.4) is 0 Å². The van der Waals surface area contributed by atoms with Gasteiger partial charge in [-0.05, 0) is 62.9 Å². The Balaban J connectivity index is 2.11. The third-order valence-corrected chi connectivity index (χ3v) is 4.12. The minimum Gasteiger partial charge on any atom is -0.480 e. The van der Waals surface area contributed by atoms with Gasteiger partial charge in [0.25, 0.3) is 0 Å². The Morgan fingerprint density at radius 2 is 1.89 bits per heavy atom. The van der Waals surface area contributed by atoms with E-state index in [1.807, 2.05) is 0 Å². The van der Waals surface area contributed by atoms with E-state index in [9.17, 15) is 9.90 Å². The Morgan fingerprint density at radius 3 is 2.47 bits per heavy atom. The van der Waals surface area contributed by atoms with Crippen LogP contribution in [0.25, 0.3) is 0 Å². The summed E-state index contributed by atoms with van der Waals surface area (Å²) >= 11 is 0. The molecule has 1 unspecified atom stereocenters. The molecule has 19 heavy (non-hydrogen) atoms. The van der Waals surface area contributed by atoms with Gasteiger partial charge in [0.05, 0.1) is 0 Å². The van der Waals surface area contributed by atoms with E-state index in [0.717, 1.165) is 31.5 Å². The van der Waals surface area contributed by atoms with Gasteiger partial charge in [0.2, 0.25) is 0 Å². The number of aryl methyl sites for hydroxylation is 2. The predicted octanol–water partition coefficient (Wildman–Crippen LogP) is 2.79. The van der Waals surface area contributed by atoms with Gasteiger partial charge in [-0.1, -0.05) is 24.6 Å². The highest BCUT2D eigenvalue weighted by molar-refractivity contribution is 5.74. The lowest BCUT2D eigenvalue weighted by Crippen LogP contribution is -2.45. The lowest BCUT2D eigenvalue weighted by Gasteiger charge is -2.32. The average molecular weight is 261 g/mol. The number of piperidine rings is 1. The minimum atomic E-state index is -0.694. The molecule has 1 atom stereocenters. The molecule has 1 fully saturated rings. The number of hydrogen-bond acceptors (Lipinski definition) is 2.